The molecule has 1 fully saturated rings. The molecular weight excluding hydrogens is 502 g/mol. The number of aromatic nitrogens is 2. The maximum Gasteiger partial charge on any atom is 0.244 e. The Morgan fingerprint density at radius 1 is 1.05 bits per heavy atom. The van der Waals surface area contributed by atoms with Crippen molar-refractivity contribution in [2.45, 2.75) is 36.5 Å². The molecule has 0 bridgehead atoms. The maximum absolute atomic E-state index is 12.3. The third kappa shape index (κ3) is 6.74. The fourth-order valence-corrected chi connectivity index (χ4v) is 5.18. The van der Waals surface area contributed by atoms with Crippen LogP contribution in [0.3, 0.4) is 0 Å². The fourth-order valence-electron chi connectivity index (χ4n) is 3.60. The first kappa shape index (κ1) is 25.4. The number of anilines is 2. The third-order valence-corrected chi connectivity index (χ3v) is 8.21. The number of benzene rings is 3. The fraction of sp³-hybridized carbons (Fsp3) is 0.250. The lowest BCUT2D eigenvalue weighted by Gasteiger charge is -2.12. The number of nitrogens with zero attached hydrogens (tertiary/aromatic N) is 2. The number of thioether (sulfide) groups is 1. The van der Waals surface area contributed by atoms with Crippen LogP contribution in [-0.4, -0.2) is 21.8 Å². The summed E-state index contributed by atoms with van der Waals surface area (Å²) in [5.41, 5.74) is 9.91. The molecule has 9 heteroatoms. The monoisotopic (exact) mass is 531 g/mol. The predicted octanol–water partition coefficient (Wildman–Crippen LogP) is 6.53. The average Bonchev–Trinajstić information content (AvgIpc) is 3.48. The normalized spacial score (nSPS) is 14.6. The van der Waals surface area contributed by atoms with Gasteiger partial charge in [0.1, 0.15) is 0 Å². The van der Waals surface area contributed by atoms with Gasteiger partial charge < -0.3 is 20.3 Å². The van der Waals surface area contributed by atoms with Crippen LogP contribution < -0.4 is 15.8 Å². The lowest BCUT2D eigenvalue weighted by Crippen LogP contribution is -2.21. The van der Waals surface area contributed by atoms with E-state index in [1.54, 1.807) is 11.8 Å². The number of hydrogen-bond donors (Lipinski definition) is 3. The van der Waals surface area contributed by atoms with Crippen LogP contribution in [0.2, 0.25) is 0 Å². The molecule has 1 saturated carbocycles. The van der Waals surface area contributed by atoms with Gasteiger partial charge in [0.25, 0.3) is 0 Å². The molecule has 0 aliphatic heterocycles. The van der Waals surface area contributed by atoms with Gasteiger partial charge in [-0.3, -0.25) is 4.79 Å². The van der Waals surface area contributed by atoms with Gasteiger partial charge in [-0.1, -0.05) is 48.5 Å². The smallest absolute Gasteiger partial charge is 0.244 e. The van der Waals surface area contributed by atoms with Crippen LogP contribution >= 0.6 is 23.7 Å². The van der Waals surface area contributed by atoms with Gasteiger partial charge in [0, 0.05) is 38.8 Å². The van der Waals surface area contributed by atoms with E-state index >= 15 is 0 Å². The van der Waals surface area contributed by atoms with Crippen molar-refractivity contribution in [3.63, 3.8) is 0 Å². The van der Waals surface area contributed by atoms with E-state index in [4.69, 9.17) is 10.3 Å². The van der Waals surface area contributed by atoms with Crippen molar-refractivity contribution >= 4 is 41.0 Å². The highest BCUT2D eigenvalue weighted by molar-refractivity contribution is 8.00. The van der Waals surface area contributed by atoms with Crippen LogP contribution in [0.25, 0.3) is 11.4 Å². The molecule has 1 aliphatic rings. The molecule has 1 amide bonds. The molecular formula is C28H29N5O2S2. The van der Waals surface area contributed by atoms with Gasteiger partial charge in [0.2, 0.25) is 17.6 Å². The van der Waals surface area contributed by atoms with Crippen molar-refractivity contribution < 1.29 is 9.32 Å². The largest absolute Gasteiger partial charge is 0.337 e. The summed E-state index contributed by atoms with van der Waals surface area (Å²) in [5.74, 6) is 2.64. The molecule has 0 saturated heterocycles. The SMILES string of the molecule is CC1(C(=O)Nc2cccc(NSc3ccc(-c4noc(C(N)CSCc5ccccc5)n4)cc3)c2)CC1. The lowest BCUT2D eigenvalue weighted by molar-refractivity contribution is -0.120. The minimum absolute atomic E-state index is 0.0874. The Hall–Kier alpha value is -3.27. The number of rotatable bonds is 11. The van der Waals surface area contributed by atoms with E-state index in [2.05, 4.69) is 32.3 Å². The predicted molar refractivity (Wildman–Crippen MR) is 151 cm³/mol. The summed E-state index contributed by atoms with van der Waals surface area (Å²) in [6, 6.07) is 25.6. The first-order valence-electron chi connectivity index (χ1n) is 12.1. The number of hydrogen-bond acceptors (Lipinski definition) is 8. The zero-order chi connectivity index (χ0) is 25.7. The third-order valence-electron chi connectivity index (χ3n) is 6.24. The lowest BCUT2D eigenvalue weighted by atomic mass is 10.1. The number of carbonyl (C=O) groups is 1. The standard InChI is InChI=1S/C28H29N5O2S2/c1-28(14-15-28)27(34)30-21-8-5-9-22(16-21)33-37-23-12-10-20(11-13-23)25-31-26(35-32-25)24(29)18-36-17-19-6-3-2-4-7-19/h2-13,16,24,33H,14-15,17-18,29H2,1H3,(H,30,34). The molecule has 7 nitrogen and oxygen atoms in total. The van der Waals surface area contributed by atoms with Crippen LogP contribution in [0.15, 0.2) is 88.3 Å². The van der Waals surface area contributed by atoms with Gasteiger partial charge in [0.15, 0.2) is 0 Å². The van der Waals surface area contributed by atoms with Crippen LogP contribution in [0.4, 0.5) is 11.4 Å². The summed E-state index contributed by atoms with van der Waals surface area (Å²) in [5, 5.41) is 7.14. The Bertz CT molecular complexity index is 1340. The molecule has 4 N–H and O–H groups in total. The highest BCUT2D eigenvalue weighted by Crippen LogP contribution is 2.45. The van der Waals surface area contributed by atoms with E-state index in [1.807, 2.05) is 73.7 Å². The molecule has 1 aromatic heterocycles. The molecule has 3 aromatic carbocycles. The summed E-state index contributed by atoms with van der Waals surface area (Å²) in [6.45, 7) is 2.00. The first-order valence-corrected chi connectivity index (χ1v) is 14.1. The summed E-state index contributed by atoms with van der Waals surface area (Å²) in [4.78, 5) is 17.9. The molecule has 4 aromatic rings. The molecule has 1 unspecified atom stereocenters. The summed E-state index contributed by atoms with van der Waals surface area (Å²) >= 11 is 3.23. The van der Waals surface area contributed by atoms with Gasteiger partial charge in [-0.05, 0) is 72.8 Å². The molecule has 5 rings (SSSR count). The molecule has 0 radical (unpaired) electrons. The van der Waals surface area contributed by atoms with Crippen molar-refractivity contribution in [3.8, 4) is 11.4 Å². The summed E-state index contributed by atoms with van der Waals surface area (Å²) in [6.07, 6.45) is 1.91. The second-order valence-electron chi connectivity index (χ2n) is 9.39. The van der Waals surface area contributed by atoms with Crippen molar-refractivity contribution in [2.75, 3.05) is 15.8 Å². The topological polar surface area (TPSA) is 106 Å². The first-order chi connectivity index (χ1) is 18.0. The van der Waals surface area contributed by atoms with Crippen molar-refractivity contribution in [3.05, 3.63) is 90.3 Å². The number of carbonyl (C=O) groups excluding carboxylic acids is 1. The van der Waals surface area contributed by atoms with E-state index in [0.29, 0.717) is 17.5 Å². The van der Waals surface area contributed by atoms with Gasteiger partial charge >= 0.3 is 0 Å². The van der Waals surface area contributed by atoms with E-state index in [0.717, 1.165) is 40.4 Å². The molecule has 1 atom stereocenters. The maximum atomic E-state index is 12.3. The minimum atomic E-state index is -0.318. The molecule has 37 heavy (non-hydrogen) atoms. The quantitative estimate of drug-likeness (QED) is 0.188. The van der Waals surface area contributed by atoms with Gasteiger partial charge in [0.05, 0.1) is 6.04 Å². The zero-order valence-corrected chi connectivity index (χ0v) is 22.1. The van der Waals surface area contributed by atoms with E-state index in [9.17, 15) is 4.79 Å². The van der Waals surface area contributed by atoms with Crippen LogP contribution in [0, 0.1) is 5.41 Å². The van der Waals surface area contributed by atoms with Gasteiger partial charge in [-0.25, -0.2) is 0 Å². The van der Waals surface area contributed by atoms with Gasteiger partial charge in [-0.2, -0.15) is 16.7 Å². The van der Waals surface area contributed by atoms with E-state index in [1.165, 1.54) is 17.5 Å². The highest BCUT2D eigenvalue weighted by Gasteiger charge is 2.44. The molecule has 190 valence electrons. The number of nitrogens with two attached hydrogens (primary N) is 1. The van der Waals surface area contributed by atoms with Gasteiger partial charge in [-0.15, -0.1) is 0 Å². The average molecular weight is 532 g/mol. The van der Waals surface area contributed by atoms with Crippen LogP contribution in [0.5, 0.6) is 0 Å². The van der Waals surface area contributed by atoms with Crippen LogP contribution in [0.1, 0.15) is 37.3 Å². The molecule has 1 heterocycles. The Morgan fingerprint density at radius 3 is 2.57 bits per heavy atom. The molecule has 1 aliphatic carbocycles. The summed E-state index contributed by atoms with van der Waals surface area (Å²) in [7, 11) is 0. The Morgan fingerprint density at radius 2 is 1.81 bits per heavy atom. The molecule has 0 spiro atoms. The zero-order valence-electron chi connectivity index (χ0n) is 20.5. The Balaban J connectivity index is 1.12. The number of nitrogens with one attached hydrogen (secondary N) is 2. The minimum Gasteiger partial charge on any atom is -0.337 e. The van der Waals surface area contributed by atoms with E-state index in [-0.39, 0.29) is 17.4 Å². The second kappa shape index (κ2) is 11.4. The second-order valence-corrected chi connectivity index (χ2v) is 11.3. The Labute approximate surface area is 225 Å². The van der Waals surface area contributed by atoms with Crippen molar-refractivity contribution in [2.24, 2.45) is 11.1 Å². The van der Waals surface area contributed by atoms with E-state index < -0.39 is 0 Å². The summed E-state index contributed by atoms with van der Waals surface area (Å²) < 4.78 is 8.77. The Kier molecular flexibility index (Phi) is 7.83. The van der Waals surface area contributed by atoms with Crippen LogP contribution in [-0.2, 0) is 10.5 Å². The van der Waals surface area contributed by atoms with Crippen molar-refractivity contribution in [1.82, 2.24) is 10.1 Å². The highest BCUT2D eigenvalue weighted by atomic mass is 32.2. The van der Waals surface area contributed by atoms with Crippen molar-refractivity contribution in [1.29, 1.82) is 0 Å². The number of amides is 1.